The minimum Gasteiger partial charge on any atom is -0.309 e. The van der Waals surface area contributed by atoms with Crippen molar-refractivity contribution in [3.8, 4) is 5.69 Å². The third kappa shape index (κ3) is 3.25. The molecule has 0 saturated heterocycles. The Morgan fingerprint density at radius 1 is 1.06 bits per heavy atom. The van der Waals surface area contributed by atoms with Gasteiger partial charge in [0.2, 0.25) is 5.78 Å². The fraction of sp³-hybridized carbons (Fsp3) is 0.125. The Hall–Kier alpha value is -3.76. The second-order valence-corrected chi connectivity index (χ2v) is 9.86. The lowest BCUT2D eigenvalue weighted by Crippen LogP contribution is -2.22. The van der Waals surface area contributed by atoms with E-state index in [-0.39, 0.29) is 11.1 Å². The molecule has 8 nitrogen and oxygen atoms in total. The lowest BCUT2D eigenvalue weighted by atomic mass is 10.1. The molecule has 0 aliphatic rings. The van der Waals surface area contributed by atoms with Gasteiger partial charge in [-0.05, 0) is 54.6 Å². The summed E-state index contributed by atoms with van der Waals surface area (Å²) in [5, 5.41) is 11.9. The molecule has 0 amide bonds. The zero-order valence-electron chi connectivity index (χ0n) is 18.3. The molecule has 0 bridgehead atoms. The Balaban J connectivity index is 1.54. The predicted molar refractivity (Wildman–Crippen MR) is 135 cm³/mol. The lowest BCUT2D eigenvalue weighted by molar-refractivity contribution is 0.924. The van der Waals surface area contributed by atoms with Gasteiger partial charge in [0.15, 0.2) is 5.16 Å². The minimum absolute atomic E-state index is 0.143. The first-order valence-electron chi connectivity index (χ1n) is 10.6. The molecule has 4 heterocycles. The summed E-state index contributed by atoms with van der Waals surface area (Å²) in [4.78, 5) is 33.3. The summed E-state index contributed by atoms with van der Waals surface area (Å²) in [7, 11) is 0. The van der Waals surface area contributed by atoms with Crippen LogP contribution in [0.1, 0.15) is 17.0 Å². The quantitative estimate of drug-likeness (QED) is 0.374. The zero-order valence-corrected chi connectivity index (χ0v) is 19.9. The number of H-pyrrole nitrogens is 1. The van der Waals surface area contributed by atoms with E-state index in [4.69, 9.17) is 0 Å². The molecule has 10 heteroatoms. The average molecular weight is 487 g/mol. The highest BCUT2D eigenvalue weighted by atomic mass is 32.2. The van der Waals surface area contributed by atoms with E-state index in [0.717, 1.165) is 22.3 Å². The Bertz CT molecular complexity index is 1850. The summed E-state index contributed by atoms with van der Waals surface area (Å²) in [6.45, 7) is 3.97. The highest BCUT2D eigenvalue weighted by molar-refractivity contribution is 7.98. The number of aryl methyl sites for hydroxylation is 2. The molecule has 0 aliphatic heterocycles. The number of thioether (sulfide) groups is 1. The van der Waals surface area contributed by atoms with Crippen molar-refractivity contribution < 1.29 is 0 Å². The van der Waals surface area contributed by atoms with E-state index in [1.165, 1.54) is 23.1 Å². The van der Waals surface area contributed by atoms with Gasteiger partial charge in [-0.3, -0.25) is 14.0 Å². The standard InChI is InChI=1S/C24H18N6O2S2/c1-13-7-8-14(2)18(11-13)29-22(32)15-5-3-4-6-17(15)30-23(29)27-28-24(30)34-12-19-25-16-9-10-33-20(16)21(31)26-19/h3-11H,12H2,1-2H3,(H,25,26,31). The largest absolute Gasteiger partial charge is 0.309 e. The molecule has 4 aromatic heterocycles. The highest BCUT2D eigenvalue weighted by Gasteiger charge is 2.19. The van der Waals surface area contributed by atoms with Crippen molar-refractivity contribution >= 4 is 50.0 Å². The number of nitrogens with zero attached hydrogens (tertiary/aromatic N) is 5. The van der Waals surface area contributed by atoms with E-state index >= 15 is 0 Å². The minimum atomic E-state index is -0.144. The third-order valence-corrected chi connectivity index (χ3v) is 7.54. The molecule has 0 aliphatic carbocycles. The van der Waals surface area contributed by atoms with Crippen molar-refractivity contribution in [1.82, 2.24) is 29.1 Å². The monoisotopic (exact) mass is 486 g/mol. The number of hydrogen-bond donors (Lipinski definition) is 1. The highest BCUT2D eigenvalue weighted by Crippen LogP contribution is 2.26. The Morgan fingerprint density at radius 3 is 2.79 bits per heavy atom. The van der Waals surface area contributed by atoms with Crippen LogP contribution in [0, 0.1) is 13.8 Å². The number of rotatable bonds is 4. The van der Waals surface area contributed by atoms with Crippen LogP contribution in [0.3, 0.4) is 0 Å². The van der Waals surface area contributed by atoms with E-state index in [2.05, 4.69) is 20.2 Å². The molecule has 6 rings (SSSR count). The van der Waals surface area contributed by atoms with E-state index < -0.39 is 0 Å². The van der Waals surface area contributed by atoms with E-state index in [9.17, 15) is 9.59 Å². The van der Waals surface area contributed by atoms with Crippen LogP contribution in [0.5, 0.6) is 0 Å². The Labute approximate surface area is 200 Å². The van der Waals surface area contributed by atoms with Crippen molar-refractivity contribution in [3.05, 3.63) is 91.6 Å². The summed E-state index contributed by atoms with van der Waals surface area (Å²) >= 11 is 2.78. The van der Waals surface area contributed by atoms with Crippen molar-refractivity contribution in [2.45, 2.75) is 24.8 Å². The Morgan fingerprint density at radius 2 is 1.91 bits per heavy atom. The van der Waals surface area contributed by atoms with Gasteiger partial charge < -0.3 is 4.98 Å². The Kier molecular flexibility index (Phi) is 4.85. The smallest absolute Gasteiger partial charge is 0.268 e. The van der Waals surface area contributed by atoms with Gasteiger partial charge in [-0.1, -0.05) is 36.0 Å². The number of aromatic nitrogens is 6. The van der Waals surface area contributed by atoms with Crippen LogP contribution < -0.4 is 11.1 Å². The van der Waals surface area contributed by atoms with Gasteiger partial charge in [0.25, 0.3) is 11.1 Å². The van der Waals surface area contributed by atoms with Crippen LogP contribution in [-0.2, 0) is 5.75 Å². The maximum absolute atomic E-state index is 13.6. The number of hydrogen-bond acceptors (Lipinski definition) is 7. The van der Waals surface area contributed by atoms with E-state index in [1.807, 2.05) is 72.2 Å². The molecule has 0 fully saturated rings. The molecular weight excluding hydrogens is 468 g/mol. The van der Waals surface area contributed by atoms with Gasteiger partial charge in [0.05, 0.1) is 27.9 Å². The van der Waals surface area contributed by atoms with Crippen molar-refractivity contribution in [2.24, 2.45) is 0 Å². The topological polar surface area (TPSA) is 97.9 Å². The van der Waals surface area contributed by atoms with Crippen molar-refractivity contribution in [1.29, 1.82) is 0 Å². The van der Waals surface area contributed by atoms with Crippen molar-refractivity contribution in [2.75, 3.05) is 0 Å². The van der Waals surface area contributed by atoms with Gasteiger partial charge in [-0.25, -0.2) is 9.55 Å². The summed E-state index contributed by atoms with van der Waals surface area (Å²) in [6, 6.07) is 15.3. The van der Waals surface area contributed by atoms with Crippen LogP contribution in [0.4, 0.5) is 0 Å². The molecule has 0 unspecified atom stereocenters. The number of benzene rings is 2. The van der Waals surface area contributed by atoms with Crippen LogP contribution >= 0.6 is 23.1 Å². The molecule has 6 aromatic rings. The normalized spacial score (nSPS) is 11.7. The molecule has 0 spiro atoms. The summed E-state index contributed by atoms with van der Waals surface area (Å²) in [5.74, 6) is 1.40. The van der Waals surface area contributed by atoms with E-state index in [0.29, 0.717) is 38.1 Å². The molecular formula is C24H18N6O2S2. The van der Waals surface area contributed by atoms with Crippen LogP contribution in [0.2, 0.25) is 0 Å². The van der Waals surface area contributed by atoms with Gasteiger partial charge in [0, 0.05) is 0 Å². The van der Waals surface area contributed by atoms with Gasteiger partial charge in [0.1, 0.15) is 10.5 Å². The molecule has 2 aromatic carbocycles. The molecule has 0 radical (unpaired) electrons. The number of aromatic amines is 1. The summed E-state index contributed by atoms with van der Waals surface area (Å²) in [5.41, 5.74) is 3.92. The molecule has 0 saturated carbocycles. The summed E-state index contributed by atoms with van der Waals surface area (Å²) in [6.07, 6.45) is 0. The number of fused-ring (bicyclic) bond motifs is 4. The number of thiophene rings is 1. The average Bonchev–Trinajstić information content (AvgIpc) is 3.48. The fourth-order valence-corrected chi connectivity index (χ4v) is 5.61. The maximum atomic E-state index is 13.6. The maximum Gasteiger partial charge on any atom is 0.268 e. The fourth-order valence-electron chi connectivity index (χ4n) is 4.07. The van der Waals surface area contributed by atoms with Crippen LogP contribution in [0.15, 0.2) is 68.7 Å². The van der Waals surface area contributed by atoms with Gasteiger partial charge in [-0.2, -0.15) is 0 Å². The van der Waals surface area contributed by atoms with Crippen LogP contribution in [0.25, 0.3) is 32.6 Å². The van der Waals surface area contributed by atoms with Crippen molar-refractivity contribution in [3.63, 3.8) is 0 Å². The second-order valence-electron chi connectivity index (χ2n) is 8.00. The molecule has 168 valence electrons. The zero-order chi connectivity index (χ0) is 23.4. The first-order valence-corrected chi connectivity index (χ1v) is 12.4. The summed E-state index contributed by atoms with van der Waals surface area (Å²) < 4.78 is 4.13. The molecule has 0 atom stereocenters. The van der Waals surface area contributed by atoms with Gasteiger partial charge >= 0.3 is 0 Å². The second kappa shape index (κ2) is 7.93. The number of para-hydroxylation sites is 1. The lowest BCUT2D eigenvalue weighted by Gasteiger charge is -2.14. The van der Waals surface area contributed by atoms with E-state index in [1.54, 1.807) is 4.57 Å². The predicted octanol–water partition coefficient (Wildman–Crippen LogP) is 4.24. The first-order chi connectivity index (χ1) is 16.5. The third-order valence-electron chi connectivity index (χ3n) is 5.70. The van der Waals surface area contributed by atoms with Gasteiger partial charge in [-0.15, -0.1) is 21.5 Å². The molecule has 34 heavy (non-hydrogen) atoms. The molecule has 1 N–H and O–H groups in total. The first kappa shape index (κ1) is 20.8. The SMILES string of the molecule is Cc1ccc(C)c(-n2c(=O)c3ccccc3n3c(SCc4nc5ccsc5c(=O)[nH]4)nnc23)c1. The van der Waals surface area contributed by atoms with Crippen LogP contribution in [-0.4, -0.2) is 29.1 Å². The number of nitrogens with one attached hydrogen (secondary N) is 1.